The van der Waals surface area contributed by atoms with E-state index in [1.165, 1.54) is 94.4 Å². The molecule has 6 saturated heterocycles. The van der Waals surface area contributed by atoms with E-state index in [2.05, 4.69) is 67.8 Å². The fraction of sp³-hybridized carbons (Fsp3) is 0.324. The predicted octanol–water partition coefficient (Wildman–Crippen LogP) is 13.2. The Bertz CT molecular complexity index is 4850. The van der Waals surface area contributed by atoms with Gasteiger partial charge in [-0.05, 0) is 184 Å². The quantitative estimate of drug-likeness (QED) is 0.0721. The number of ether oxygens (including phenoxy) is 1. The molecule has 3 aromatic heterocycles. The first-order valence-electron chi connectivity index (χ1n) is 33.6. The minimum Gasteiger partial charge on any atom is -0.378 e. The summed E-state index contributed by atoms with van der Waals surface area (Å²) in [7, 11) is -11.2. The second kappa shape index (κ2) is 32.2. The number of carbonyl (C=O) groups excluding carboxylic acids is 3. The Morgan fingerprint density at radius 1 is 0.481 bits per heavy atom. The summed E-state index contributed by atoms with van der Waals surface area (Å²) in [5, 5.41) is 7.53. The van der Waals surface area contributed by atoms with Gasteiger partial charge in [0.25, 0.3) is 30.1 Å². The van der Waals surface area contributed by atoms with E-state index >= 15 is 0 Å². The number of sulfonamides is 3. The van der Waals surface area contributed by atoms with Gasteiger partial charge in [-0.15, -0.1) is 34.0 Å². The van der Waals surface area contributed by atoms with Crippen LogP contribution in [0, 0.1) is 5.82 Å². The molecule has 104 heavy (non-hydrogen) atoms. The van der Waals surface area contributed by atoms with Crippen molar-refractivity contribution in [3.63, 3.8) is 0 Å². The van der Waals surface area contributed by atoms with Crippen LogP contribution in [0.4, 0.5) is 42.5 Å². The Hall–Kier alpha value is -7.69. The number of morpholine rings is 1. The van der Waals surface area contributed by atoms with Crippen LogP contribution in [0.2, 0.25) is 15.1 Å². The molecule has 6 aliphatic heterocycles. The maximum Gasteiger partial charge on any atom is 0.263 e. The third-order valence-electron chi connectivity index (χ3n) is 19.5. The highest BCUT2D eigenvalue weighted by Gasteiger charge is 2.47. The van der Waals surface area contributed by atoms with Gasteiger partial charge in [-0.25, -0.2) is 44.6 Å². The van der Waals surface area contributed by atoms with Crippen molar-refractivity contribution >= 4 is 155 Å². The first kappa shape index (κ1) is 74.6. The molecule has 0 radical (unpaired) electrons. The number of nitrogens with one attached hydrogen (secondary N) is 3. The third-order valence-corrected chi connectivity index (χ3v) is 26.9. The van der Waals surface area contributed by atoms with Crippen molar-refractivity contribution in [2.45, 2.75) is 83.3 Å². The first-order chi connectivity index (χ1) is 50.0. The van der Waals surface area contributed by atoms with E-state index in [-0.39, 0.29) is 61.3 Å². The van der Waals surface area contributed by atoms with E-state index in [1.807, 2.05) is 36.4 Å². The second-order valence-electron chi connectivity index (χ2n) is 25.7. The summed E-state index contributed by atoms with van der Waals surface area (Å²) in [6, 6.07) is 39.0. The van der Waals surface area contributed by atoms with Crippen molar-refractivity contribution in [3.05, 3.63) is 206 Å². The number of carbonyl (C=O) groups is 3. The number of nitrogens with zero attached hydrogens (tertiary/aromatic N) is 10. The summed E-state index contributed by atoms with van der Waals surface area (Å²) in [6.45, 7) is 10.2. The molecule has 0 saturated carbocycles. The minimum absolute atomic E-state index is 0. The molecule has 0 spiro atoms. The molecule has 9 aromatic rings. The summed E-state index contributed by atoms with van der Waals surface area (Å²) < 4.78 is 102. The SMILES string of the molecule is CC1(c2ccc(Cl)cc2)COCCN1[C@H]1CCN(c2ccc(S(=O)(=O)Nc3nccs3)cc2)C1=O.O=C1[C@@H](N2CCC(c3ccc(Cl)cc3)CC2)CCN1c1ccc(S(=O)(=O)Nc2nccs2)cc1.O=C1[C@@H](N2CCN(c3ccc(F)c(Cl)c3)CC2)CCN1c1ccc(S(=O)(=O)Nc2nccs2)cc1.[HH].[HH].[HH].[HH]. The highest BCUT2D eigenvalue weighted by molar-refractivity contribution is 7.93. The molecule has 6 aliphatic rings. The van der Waals surface area contributed by atoms with Crippen molar-refractivity contribution in [2.75, 3.05) is 112 Å². The smallest absolute Gasteiger partial charge is 0.263 e. The number of anilines is 7. The fourth-order valence-corrected chi connectivity index (χ4v) is 19.9. The van der Waals surface area contributed by atoms with E-state index < -0.39 is 41.4 Å². The van der Waals surface area contributed by atoms with Gasteiger partial charge in [0, 0.05) is 126 Å². The van der Waals surface area contributed by atoms with Crippen LogP contribution in [0.1, 0.15) is 61.8 Å². The number of hydrogen-bond acceptors (Lipinski definition) is 20. The Labute approximate surface area is 636 Å². The van der Waals surface area contributed by atoms with E-state index in [4.69, 9.17) is 39.5 Å². The molecule has 3 N–H and O–H groups in total. The Morgan fingerprint density at radius 2 is 0.875 bits per heavy atom. The number of hydrogen-bond donors (Lipinski definition) is 3. The van der Waals surface area contributed by atoms with Crippen LogP contribution in [-0.4, -0.2) is 169 Å². The topological polar surface area (TPSA) is 260 Å². The number of amides is 3. The van der Waals surface area contributed by atoms with Crippen molar-refractivity contribution in [1.82, 2.24) is 29.7 Å². The largest absolute Gasteiger partial charge is 0.378 e. The summed E-state index contributed by atoms with van der Waals surface area (Å²) in [4.78, 5) is 66.3. The monoisotopic (exact) mass is 1590 g/mol. The fourth-order valence-electron chi connectivity index (χ4n) is 14.1. The standard InChI is InChI=1S/C24H25ClN4O4S2.C24H25ClN4O3S2.C23H23ClFN5O3S2.4H2/c1-24(17-2-4-18(25)5-3-17)16-33-14-13-29(24)21-10-12-28(22(21)30)19-6-8-20(9-7-19)35(31,32)27-23-26-11-15-34-23;25-19-3-1-17(2-4-19)18-9-13-28(14-10-18)22-11-15-29(23(22)30)20-5-7-21(8-6-20)34(31,32)27-24-26-12-16-33-24;24-19-15-17(3-6-20(19)25)28-10-12-29(13-11-28)21-7-9-30(22(21)31)16-1-4-18(5-2-16)35(32,33)27-23-26-8-14-34-23;;;;/h2-9,11,15,21H,10,12-14,16H2,1H3,(H,26,27);1-8,12,16,18,22H,9-11,13-15H2,(H,26,27);1-6,8,14-15,21H,7,9-13H2,(H,26,27);4*1H/t21-,24?;22-;21-;;;;/m000..../s1. The number of benzene rings is 6. The van der Waals surface area contributed by atoms with Crippen LogP contribution in [0.25, 0.3) is 0 Å². The lowest BCUT2D eigenvalue weighted by Crippen LogP contribution is -2.58. The van der Waals surface area contributed by atoms with Gasteiger partial charge in [0.05, 0.1) is 56.6 Å². The molecule has 6 fully saturated rings. The van der Waals surface area contributed by atoms with E-state index in [0.717, 1.165) is 54.3 Å². The maximum absolute atomic E-state index is 13.6. The van der Waals surface area contributed by atoms with Crippen molar-refractivity contribution < 1.29 is 54.5 Å². The van der Waals surface area contributed by atoms with E-state index in [0.29, 0.717) is 116 Å². The van der Waals surface area contributed by atoms with Crippen LogP contribution in [-0.2, 0) is 54.7 Å². The molecular formula is C71H81Cl3FN13O10S6. The highest BCUT2D eigenvalue weighted by atomic mass is 35.5. The lowest BCUT2D eigenvalue weighted by molar-refractivity contribution is -0.132. The van der Waals surface area contributed by atoms with Crippen LogP contribution in [0.5, 0.6) is 0 Å². The van der Waals surface area contributed by atoms with Crippen LogP contribution >= 0.6 is 68.8 Å². The van der Waals surface area contributed by atoms with Gasteiger partial charge in [0.2, 0.25) is 17.7 Å². The van der Waals surface area contributed by atoms with Gasteiger partial charge >= 0.3 is 0 Å². The van der Waals surface area contributed by atoms with Crippen molar-refractivity contribution in [2.24, 2.45) is 0 Å². The summed E-state index contributed by atoms with van der Waals surface area (Å²) in [6.07, 6.45) is 8.79. The molecule has 554 valence electrons. The molecule has 6 aromatic carbocycles. The molecule has 1 unspecified atom stereocenters. The summed E-state index contributed by atoms with van der Waals surface area (Å²) in [5.74, 6) is 0.158. The molecule has 33 heteroatoms. The number of piperidine rings is 1. The van der Waals surface area contributed by atoms with E-state index in [1.54, 1.807) is 85.6 Å². The zero-order valence-electron chi connectivity index (χ0n) is 56.1. The first-order valence-corrected chi connectivity index (χ1v) is 41.8. The zero-order chi connectivity index (χ0) is 72.9. The molecule has 3 amide bonds. The molecule has 23 nitrogen and oxygen atoms in total. The minimum atomic E-state index is -3.75. The van der Waals surface area contributed by atoms with Crippen molar-refractivity contribution in [3.8, 4) is 0 Å². The molecular weight excluding hydrogens is 1510 g/mol. The number of rotatable bonds is 18. The average Bonchev–Trinajstić information content (AvgIpc) is 1.31. The summed E-state index contributed by atoms with van der Waals surface area (Å²) >= 11 is 21.7. The van der Waals surface area contributed by atoms with Crippen molar-refractivity contribution in [1.29, 1.82) is 0 Å². The van der Waals surface area contributed by atoms with Gasteiger partial charge in [0.15, 0.2) is 15.4 Å². The van der Waals surface area contributed by atoms with Crippen LogP contribution < -0.4 is 33.8 Å². The molecule has 15 rings (SSSR count). The molecule has 0 aliphatic carbocycles. The van der Waals surface area contributed by atoms with Gasteiger partial charge < -0.3 is 24.3 Å². The zero-order valence-corrected chi connectivity index (χ0v) is 63.3. The predicted molar refractivity (Wildman–Crippen MR) is 415 cm³/mol. The maximum atomic E-state index is 13.6. The molecule has 4 atom stereocenters. The highest BCUT2D eigenvalue weighted by Crippen LogP contribution is 2.39. The van der Waals surface area contributed by atoms with Crippen LogP contribution in [0.3, 0.4) is 0 Å². The number of halogens is 4. The molecule has 9 heterocycles. The molecule has 0 bridgehead atoms. The van der Waals surface area contributed by atoms with Crippen LogP contribution in [0.15, 0.2) is 189 Å². The third kappa shape index (κ3) is 16.9. The lowest BCUT2D eigenvalue weighted by Gasteiger charge is -2.47. The van der Waals surface area contributed by atoms with Gasteiger partial charge in [-0.1, -0.05) is 59.1 Å². The van der Waals surface area contributed by atoms with E-state index in [9.17, 15) is 44.0 Å². The van der Waals surface area contributed by atoms with Gasteiger partial charge in [-0.3, -0.25) is 43.2 Å². The average molecular weight is 1590 g/mol. The van der Waals surface area contributed by atoms with Gasteiger partial charge in [-0.2, -0.15) is 0 Å². The lowest BCUT2D eigenvalue weighted by atomic mass is 9.88. The summed E-state index contributed by atoms with van der Waals surface area (Å²) in [5.41, 5.74) is 4.83. The van der Waals surface area contributed by atoms with Gasteiger partial charge in [0.1, 0.15) is 5.82 Å². The Kier molecular flexibility index (Phi) is 23.1. The second-order valence-corrected chi connectivity index (χ2v) is 34.7. The Morgan fingerprint density at radius 3 is 1.29 bits per heavy atom. The number of likely N-dealkylation sites (tertiary alicyclic amines) is 1. The number of aromatic nitrogens is 3. The Balaban J connectivity index is 0.000000184. The number of piperazine rings is 1. The number of thiazole rings is 3. The normalized spacial score (nSPS) is 21.0.